The molecule has 0 aromatic heterocycles. The van der Waals surface area contributed by atoms with Gasteiger partial charge in [-0.25, -0.2) is 0 Å². The topological polar surface area (TPSA) is 88.0 Å². The van der Waals surface area contributed by atoms with E-state index >= 15 is 0 Å². The van der Waals surface area contributed by atoms with E-state index in [2.05, 4.69) is 5.32 Å². The van der Waals surface area contributed by atoms with Crippen molar-refractivity contribution in [3.8, 4) is 17.2 Å². The van der Waals surface area contributed by atoms with Gasteiger partial charge in [0.1, 0.15) is 19.0 Å². The number of hydrogen-bond acceptors (Lipinski definition) is 5. The van der Waals surface area contributed by atoms with E-state index in [1.165, 1.54) is 6.07 Å². The van der Waals surface area contributed by atoms with E-state index in [1.54, 1.807) is 0 Å². The molecule has 108 valence electrons. The zero-order valence-electron chi connectivity index (χ0n) is 10.6. The number of carbonyl (C=O) groups is 1. The minimum Gasteiger partial charge on any atom is -0.506 e. The summed E-state index contributed by atoms with van der Waals surface area (Å²) in [5.41, 5.74) is 0.574. The number of ether oxygens (including phenoxy) is 2. The minimum atomic E-state index is -0.845. The third kappa shape index (κ3) is 2.14. The van der Waals surface area contributed by atoms with Crippen LogP contribution in [0.3, 0.4) is 0 Å². The van der Waals surface area contributed by atoms with E-state index in [9.17, 15) is 9.90 Å². The molecule has 1 saturated heterocycles. The molecular weight excluding hydrogens is 286 g/mol. The van der Waals surface area contributed by atoms with Crippen LogP contribution in [0.15, 0.2) is 6.07 Å². The Morgan fingerprint density at radius 3 is 2.85 bits per heavy atom. The van der Waals surface area contributed by atoms with E-state index in [-0.39, 0.29) is 16.8 Å². The highest BCUT2D eigenvalue weighted by atomic mass is 35.5. The van der Waals surface area contributed by atoms with E-state index in [4.69, 9.17) is 26.2 Å². The van der Waals surface area contributed by atoms with E-state index in [0.29, 0.717) is 43.2 Å². The lowest BCUT2D eigenvalue weighted by Gasteiger charge is -2.25. The van der Waals surface area contributed by atoms with Crippen LogP contribution in [0.4, 0.5) is 0 Å². The van der Waals surface area contributed by atoms with Gasteiger partial charge in [-0.2, -0.15) is 0 Å². The van der Waals surface area contributed by atoms with Crippen LogP contribution in [0.1, 0.15) is 18.0 Å². The van der Waals surface area contributed by atoms with Crippen molar-refractivity contribution in [2.45, 2.75) is 12.5 Å². The number of fused-ring (bicyclic) bond motifs is 1. The molecule has 0 bridgehead atoms. The molecule has 1 aromatic rings. The zero-order chi connectivity index (χ0) is 14.3. The number of benzene rings is 1. The molecule has 2 atom stereocenters. The molecule has 6 nitrogen and oxygen atoms in total. The van der Waals surface area contributed by atoms with Crippen molar-refractivity contribution < 1.29 is 24.5 Å². The van der Waals surface area contributed by atoms with Crippen molar-refractivity contribution >= 4 is 17.6 Å². The smallest absolute Gasteiger partial charge is 0.307 e. The molecule has 0 spiro atoms. The fraction of sp³-hybridized carbons (Fsp3) is 0.462. The third-order valence-corrected chi connectivity index (χ3v) is 4.01. The molecular formula is C13H14ClNO5. The Labute approximate surface area is 120 Å². The van der Waals surface area contributed by atoms with Crippen LogP contribution in [0.5, 0.6) is 17.2 Å². The molecule has 0 radical (unpaired) electrons. The molecule has 3 N–H and O–H groups in total. The molecule has 0 amide bonds. The lowest BCUT2D eigenvalue weighted by atomic mass is 9.98. The van der Waals surface area contributed by atoms with Crippen LogP contribution in [0, 0.1) is 5.92 Å². The van der Waals surface area contributed by atoms with Gasteiger partial charge in [0.05, 0.1) is 10.9 Å². The highest BCUT2D eigenvalue weighted by Crippen LogP contribution is 2.48. The summed E-state index contributed by atoms with van der Waals surface area (Å²) in [7, 11) is 0. The zero-order valence-corrected chi connectivity index (χ0v) is 11.3. The number of carboxylic acid groups (broad SMARTS) is 1. The van der Waals surface area contributed by atoms with Gasteiger partial charge in [0.15, 0.2) is 11.5 Å². The Bertz CT molecular complexity index is 562. The van der Waals surface area contributed by atoms with Crippen LogP contribution in [0.25, 0.3) is 0 Å². The van der Waals surface area contributed by atoms with E-state index < -0.39 is 11.9 Å². The number of aromatic hydroxyl groups is 1. The summed E-state index contributed by atoms with van der Waals surface area (Å²) in [5.74, 6) is -0.483. The first-order valence-corrected chi connectivity index (χ1v) is 6.73. The average Bonchev–Trinajstić information content (AvgIpc) is 2.90. The predicted octanol–water partition coefficient (Wildman–Crippen LogP) is 1.55. The molecule has 1 aromatic carbocycles. The molecule has 20 heavy (non-hydrogen) atoms. The molecule has 2 heterocycles. The molecule has 7 heteroatoms. The van der Waals surface area contributed by atoms with Crippen LogP contribution in [-0.4, -0.2) is 35.9 Å². The first kappa shape index (κ1) is 13.3. The molecule has 3 rings (SSSR count). The first-order valence-electron chi connectivity index (χ1n) is 6.35. The molecule has 0 aliphatic carbocycles. The summed E-state index contributed by atoms with van der Waals surface area (Å²) < 4.78 is 11.0. The minimum absolute atomic E-state index is 0.0912. The Kier molecular flexibility index (Phi) is 3.35. The normalized spacial score (nSPS) is 24.6. The maximum Gasteiger partial charge on any atom is 0.307 e. The maximum absolute atomic E-state index is 11.0. The second-order valence-corrected chi connectivity index (χ2v) is 5.26. The molecule has 0 saturated carbocycles. The summed E-state index contributed by atoms with van der Waals surface area (Å²) in [6, 6.07) is 1.15. The van der Waals surface area contributed by atoms with Crippen molar-refractivity contribution in [2.75, 3.05) is 19.8 Å². The highest BCUT2D eigenvalue weighted by Gasteiger charge is 2.35. The number of halogens is 1. The number of hydrogen-bond donors (Lipinski definition) is 3. The molecule has 2 aliphatic rings. The van der Waals surface area contributed by atoms with Gasteiger partial charge in [-0.3, -0.25) is 4.79 Å². The Morgan fingerprint density at radius 2 is 2.15 bits per heavy atom. The summed E-state index contributed by atoms with van der Waals surface area (Å²) in [6.45, 7) is 1.17. The van der Waals surface area contributed by atoms with Crippen LogP contribution in [-0.2, 0) is 4.79 Å². The Balaban J connectivity index is 2.00. The summed E-state index contributed by atoms with van der Waals surface area (Å²) in [4.78, 5) is 11.0. The van der Waals surface area contributed by atoms with Gasteiger partial charge in [0, 0.05) is 24.2 Å². The predicted molar refractivity (Wildman–Crippen MR) is 70.6 cm³/mol. The van der Waals surface area contributed by atoms with Crippen molar-refractivity contribution in [2.24, 2.45) is 5.92 Å². The second-order valence-electron chi connectivity index (χ2n) is 4.88. The van der Waals surface area contributed by atoms with E-state index in [0.717, 1.165) is 0 Å². The Hall–Kier alpha value is -1.66. The van der Waals surface area contributed by atoms with Gasteiger partial charge in [-0.15, -0.1) is 0 Å². The molecule has 1 fully saturated rings. The SMILES string of the molecule is O=C(O)C1CNC(c2c(Cl)c(O)cc3c2OCCO3)C1. The van der Waals surface area contributed by atoms with E-state index in [1.807, 2.05) is 0 Å². The standard InChI is InChI=1S/C13H14ClNO5/c14-11-8(16)4-9-12(20-2-1-19-9)10(11)7-3-6(5-15-7)13(17)18/h4,6-7,15-16H,1-3,5H2,(H,17,18). The van der Waals surface area contributed by atoms with Crippen molar-refractivity contribution in [1.82, 2.24) is 5.32 Å². The van der Waals surface area contributed by atoms with Gasteiger partial charge < -0.3 is 25.0 Å². The summed E-state index contributed by atoms with van der Waals surface area (Å²) in [5, 5.41) is 22.2. The van der Waals surface area contributed by atoms with Gasteiger partial charge in [-0.05, 0) is 6.42 Å². The molecule has 2 unspecified atom stereocenters. The van der Waals surface area contributed by atoms with Crippen molar-refractivity contribution in [1.29, 1.82) is 0 Å². The Morgan fingerprint density at radius 1 is 1.40 bits per heavy atom. The number of phenols is 1. The average molecular weight is 300 g/mol. The van der Waals surface area contributed by atoms with Gasteiger partial charge in [-0.1, -0.05) is 11.6 Å². The first-order chi connectivity index (χ1) is 9.58. The van der Waals surface area contributed by atoms with Crippen LogP contribution < -0.4 is 14.8 Å². The third-order valence-electron chi connectivity index (χ3n) is 3.61. The quantitative estimate of drug-likeness (QED) is 0.768. The summed E-state index contributed by atoms with van der Waals surface area (Å²) >= 11 is 6.16. The van der Waals surface area contributed by atoms with Crippen LogP contribution >= 0.6 is 11.6 Å². The lowest BCUT2D eigenvalue weighted by molar-refractivity contribution is -0.141. The second kappa shape index (κ2) is 5.03. The van der Waals surface area contributed by atoms with Gasteiger partial charge in [0.2, 0.25) is 0 Å². The highest BCUT2D eigenvalue weighted by molar-refractivity contribution is 6.33. The number of phenolic OH excluding ortho intramolecular Hbond substituents is 1. The molecule has 2 aliphatic heterocycles. The summed E-state index contributed by atoms with van der Waals surface area (Å²) in [6.07, 6.45) is 0.397. The van der Waals surface area contributed by atoms with Gasteiger partial charge >= 0.3 is 5.97 Å². The number of rotatable bonds is 2. The maximum atomic E-state index is 11.0. The number of carboxylic acids is 1. The number of nitrogens with one attached hydrogen (secondary N) is 1. The largest absolute Gasteiger partial charge is 0.506 e. The fourth-order valence-electron chi connectivity index (χ4n) is 2.63. The fourth-order valence-corrected chi connectivity index (χ4v) is 2.90. The number of aliphatic carboxylic acids is 1. The van der Waals surface area contributed by atoms with Crippen molar-refractivity contribution in [3.05, 3.63) is 16.7 Å². The van der Waals surface area contributed by atoms with Gasteiger partial charge in [0.25, 0.3) is 0 Å². The van der Waals surface area contributed by atoms with Crippen molar-refractivity contribution in [3.63, 3.8) is 0 Å². The van der Waals surface area contributed by atoms with Crippen LogP contribution in [0.2, 0.25) is 5.02 Å². The lowest BCUT2D eigenvalue weighted by Crippen LogP contribution is -2.20. The monoisotopic (exact) mass is 299 g/mol.